The molecule has 2 N–H and O–H groups in total. The van der Waals surface area contributed by atoms with Gasteiger partial charge in [0.2, 0.25) is 0 Å². The van der Waals surface area contributed by atoms with E-state index in [1.807, 2.05) is 12.1 Å². The maximum absolute atomic E-state index is 13.7. The number of aromatic nitrogens is 1. The van der Waals surface area contributed by atoms with E-state index in [0.29, 0.717) is 12.2 Å². The molecule has 0 saturated heterocycles. The van der Waals surface area contributed by atoms with Crippen molar-refractivity contribution in [2.45, 2.75) is 18.9 Å². The van der Waals surface area contributed by atoms with E-state index in [0.717, 1.165) is 12.8 Å². The smallest absolute Gasteiger partial charge is 0.129 e. The zero-order chi connectivity index (χ0) is 14.2. The Morgan fingerprint density at radius 3 is 2.60 bits per heavy atom. The molecule has 0 saturated carbocycles. The number of nitrogens with zero attached hydrogens (tertiary/aromatic N) is 1. The van der Waals surface area contributed by atoms with Gasteiger partial charge in [-0.25, -0.2) is 4.39 Å². The maximum atomic E-state index is 13.7. The van der Waals surface area contributed by atoms with Crippen molar-refractivity contribution in [2.75, 3.05) is 13.2 Å². The van der Waals surface area contributed by atoms with Crippen molar-refractivity contribution in [1.29, 1.82) is 0 Å². The van der Waals surface area contributed by atoms with Crippen molar-refractivity contribution < 1.29 is 9.13 Å². The Balaban J connectivity index is 1.81. The van der Waals surface area contributed by atoms with E-state index in [-0.39, 0.29) is 18.5 Å². The molecule has 1 aromatic carbocycles. The second kappa shape index (κ2) is 7.72. The molecule has 0 amide bonds. The van der Waals surface area contributed by atoms with Gasteiger partial charge in [0.25, 0.3) is 0 Å². The lowest BCUT2D eigenvalue weighted by Gasteiger charge is -2.17. The van der Waals surface area contributed by atoms with Gasteiger partial charge in [-0.1, -0.05) is 18.2 Å². The molecule has 1 heterocycles. The van der Waals surface area contributed by atoms with Crippen molar-refractivity contribution >= 4 is 0 Å². The summed E-state index contributed by atoms with van der Waals surface area (Å²) >= 11 is 0. The average molecular weight is 274 g/mol. The molecule has 106 valence electrons. The standard InChI is InChI=1S/C16H19FN2O/c17-15-6-2-1-5-14(15)16(12-18)20-11-3-4-13-7-9-19-10-8-13/h1-2,5-10,16H,3-4,11-12,18H2. The molecule has 0 aliphatic carbocycles. The molecule has 2 rings (SSSR count). The fraction of sp³-hybridized carbons (Fsp3) is 0.312. The number of pyridine rings is 1. The number of ether oxygens (including phenoxy) is 1. The normalized spacial score (nSPS) is 12.3. The van der Waals surface area contributed by atoms with Gasteiger partial charge in [0.15, 0.2) is 0 Å². The van der Waals surface area contributed by atoms with Gasteiger partial charge in [-0.2, -0.15) is 0 Å². The predicted octanol–water partition coefficient (Wildman–Crippen LogP) is 2.87. The molecule has 20 heavy (non-hydrogen) atoms. The van der Waals surface area contributed by atoms with Crippen LogP contribution in [0.5, 0.6) is 0 Å². The number of hydrogen-bond acceptors (Lipinski definition) is 3. The Bertz CT molecular complexity index is 519. The van der Waals surface area contributed by atoms with Crippen molar-refractivity contribution in [3.63, 3.8) is 0 Å². The van der Waals surface area contributed by atoms with Crippen molar-refractivity contribution in [3.05, 3.63) is 65.7 Å². The monoisotopic (exact) mass is 274 g/mol. The lowest BCUT2D eigenvalue weighted by molar-refractivity contribution is 0.0547. The van der Waals surface area contributed by atoms with Gasteiger partial charge in [-0.05, 0) is 36.6 Å². The van der Waals surface area contributed by atoms with Crippen LogP contribution in [0.4, 0.5) is 4.39 Å². The molecule has 0 bridgehead atoms. The molecular formula is C16H19FN2O. The van der Waals surface area contributed by atoms with Crippen molar-refractivity contribution in [1.82, 2.24) is 4.98 Å². The van der Waals surface area contributed by atoms with Crippen molar-refractivity contribution in [3.8, 4) is 0 Å². The number of nitrogens with two attached hydrogens (primary N) is 1. The van der Waals surface area contributed by atoms with E-state index in [4.69, 9.17) is 10.5 Å². The number of hydrogen-bond donors (Lipinski definition) is 1. The van der Waals surface area contributed by atoms with E-state index in [1.54, 1.807) is 30.6 Å². The quantitative estimate of drug-likeness (QED) is 0.790. The topological polar surface area (TPSA) is 48.1 Å². The lowest BCUT2D eigenvalue weighted by Crippen LogP contribution is -2.17. The summed E-state index contributed by atoms with van der Waals surface area (Å²) < 4.78 is 19.4. The van der Waals surface area contributed by atoms with Crippen LogP contribution in [0, 0.1) is 5.82 Å². The van der Waals surface area contributed by atoms with Gasteiger partial charge in [0.1, 0.15) is 5.82 Å². The SMILES string of the molecule is NCC(OCCCc1ccncc1)c1ccccc1F. The highest BCUT2D eigenvalue weighted by Gasteiger charge is 2.13. The highest BCUT2D eigenvalue weighted by molar-refractivity contribution is 5.20. The molecule has 1 aromatic heterocycles. The second-order valence-corrected chi connectivity index (χ2v) is 4.58. The number of halogens is 1. The van der Waals surface area contributed by atoms with Crippen LogP contribution in [0.15, 0.2) is 48.8 Å². The summed E-state index contributed by atoms with van der Waals surface area (Å²) in [4.78, 5) is 3.98. The molecule has 0 spiro atoms. The molecule has 4 heteroatoms. The van der Waals surface area contributed by atoms with E-state index in [1.165, 1.54) is 11.6 Å². The fourth-order valence-electron chi connectivity index (χ4n) is 2.07. The molecule has 0 fully saturated rings. The number of benzene rings is 1. The fourth-order valence-corrected chi connectivity index (χ4v) is 2.07. The molecule has 2 aromatic rings. The molecule has 0 aliphatic rings. The summed E-state index contributed by atoms with van der Waals surface area (Å²) in [7, 11) is 0. The highest BCUT2D eigenvalue weighted by atomic mass is 19.1. The molecule has 1 unspecified atom stereocenters. The van der Waals surface area contributed by atoms with Crippen LogP contribution in [0.2, 0.25) is 0 Å². The summed E-state index contributed by atoms with van der Waals surface area (Å²) in [5.74, 6) is -0.267. The Morgan fingerprint density at radius 1 is 1.15 bits per heavy atom. The predicted molar refractivity (Wildman–Crippen MR) is 76.7 cm³/mol. The summed E-state index contributed by atoms with van der Waals surface area (Å²) in [6, 6.07) is 10.6. The Labute approximate surface area is 118 Å². The molecule has 1 atom stereocenters. The van der Waals surface area contributed by atoms with Crippen molar-refractivity contribution in [2.24, 2.45) is 5.73 Å². The highest BCUT2D eigenvalue weighted by Crippen LogP contribution is 2.19. The minimum atomic E-state index is -0.381. The van der Waals surface area contributed by atoms with E-state index >= 15 is 0 Å². The maximum Gasteiger partial charge on any atom is 0.129 e. The first-order chi connectivity index (χ1) is 9.81. The first-order valence-corrected chi connectivity index (χ1v) is 6.76. The Hall–Kier alpha value is -1.78. The van der Waals surface area contributed by atoms with Crippen LogP contribution in [-0.2, 0) is 11.2 Å². The van der Waals surface area contributed by atoms with Crippen LogP contribution < -0.4 is 5.73 Å². The summed E-state index contributed by atoms with van der Waals surface area (Å²) in [6.07, 6.45) is 4.95. The third-order valence-corrected chi connectivity index (χ3v) is 3.14. The first kappa shape index (κ1) is 14.6. The number of aryl methyl sites for hydroxylation is 1. The molecule has 0 aliphatic heterocycles. The van der Waals surface area contributed by atoms with E-state index in [9.17, 15) is 4.39 Å². The third-order valence-electron chi connectivity index (χ3n) is 3.14. The third kappa shape index (κ3) is 4.11. The van der Waals surface area contributed by atoms with Gasteiger partial charge < -0.3 is 10.5 Å². The van der Waals surface area contributed by atoms with Crippen LogP contribution in [-0.4, -0.2) is 18.1 Å². The Kier molecular flexibility index (Phi) is 5.65. The minimum absolute atomic E-state index is 0.267. The van der Waals surface area contributed by atoms with Gasteiger partial charge >= 0.3 is 0 Å². The van der Waals surface area contributed by atoms with Crippen LogP contribution in [0.1, 0.15) is 23.7 Å². The van der Waals surface area contributed by atoms with Gasteiger partial charge in [-0.3, -0.25) is 4.98 Å². The van der Waals surface area contributed by atoms with Gasteiger partial charge in [-0.15, -0.1) is 0 Å². The molecular weight excluding hydrogens is 255 g/mol. The average Bonchev–Trinajstić information content (AvgIpc) is 2.50. The number of rotatable bonds is 7. The van der Waals surface area contributed by atoms with Crippen LogP contribution >= 0.6 is 0 Å². The summed E-state index contributed by atoms with van der Waals surface area (Å²) in [6.45, 7) is 0.828. The summed E-state index contributed by atoms with van der Waals surface area (Å²) in [5.41, 5.74) is 7.41. The first-order valence-electron chi connectivity index (χ1n) is 6.76. The van der Waals surface area contributed by atoms with Gasteiger partial charge in [0.05, 0.1) is 6.10 Å². The summed E-state index contributed by atoms with van der Waals surface area (Å²) in [5, 5.41) is 0. The molecule has 3 nitrogen and oxygen atoms in total. The van der Waals surface area contributed by atoms with Gasteiger partial charge in [0, 0.05) is 31.1 Å². The Morgan fingerprint density at radius 2 is 1.90 bits per heavy atom. The van der Waals surface area contributed by atoms with E-state index < -0.39 is 0 Å². The largest absolute Gasteiger partial charge is 0.372 e. The minimum Gasteiger partial charge on any atom is -0.372 e. The zero-order valence-corrected chi connectivity index (χ0v) is 11.3. The van der Waals surface area contributed by atoms with E-state index in [2.05, 4.69) is 4.98 Å². The van der Waals surface area contributed by atoms with Crippen LogP contribution in [0.25, 0.3) is 0 Å². The second-order valence-electron chi connectivity index (χ2n) is 4.58. The van der Waals surface area contributed by atoms with Crippen LogP contribution in [0.3, 0.4) is 0 Å². The lowest BCUT2D eigenvalue weighted by atomic mass is 10.1. The molecule has 0 radical (unpaired) electrons. The zero-order valence-electron chi connectivity index (χ0n) is 11.3.